The van der Waals surface area contributed by atoms with E-state index in [0.717, 1.165) is 0 Å². The van der Waals surface area contributed by atoms with Crippen LogP contribution in [0.3, 0.4) is 0 Å². The molecular weight excluding hydrogens is 254 g/mol. The number of aliphatic hydroxyl groups excluding tert-OH is 1. The Balaban J connectivity index is 4.50. The van der Waals surface area contributed by atoms with E-state index in [9.17, 15) is 19.5 Å². The molecule has 0 heterocycles. The van der Waals surface area contributed by atoms with Crippen molar-refractivity contribution >= 4 is 23.9 Å². The molecule has 0 saturated heterocycles. The van der Waals surface area contributed by atoms with Crippen molar-refractivity contribution < 1.29 is 29.4 Å². The lowest BCUT2D eigenvalue weighted by molar-refractivity contribution is -0.143. The van der Waals surface area contributed by atoms with Crippen LogP contribution in [0.5, 0.6) is 0 Å². The molecule has 0 aromatic heterocycles. The van der Waals surface area contributed by atoms with Gasteiger partial charge >= 0.3 is 12.2 Å². The molecule has 0 aromatic rings. The van der Waals surface area contributed by atoms with Crippen LogP contribution in [-0.4, -0.2) is 51.0 Å². The van der Waals surface area contributed by atoms with E-state index in [0.29, 0.717) is 6.21 Å². The van der Waals surface area contributed by atoms with Gasteiger partial charge in [0, 0.05) is 6.42 Å². The molecule has 0 bridgehead atoms. The van der Waals surface area contributed by atoms with Crippen LogP contribution >= 0.6 is 0 Å². The number of amides is 1. The number of aliphatic hydroxyl groups is 1. The van der Waals surface area contributed by atoms with Gasteiger partial charge in [-0.05, 0) is 13.3 Å². The standard InChI is InChI=1S/C11H17N3O5/c1-6(7(2)15)10(17)14-9(11(18)19)4-3-8(16)5-13-12/h5-7,9,15H,3-4H2,1-2H3,(H,14,17)(H,18,19)/t6-,7-,9?/m1/s1. The summed E-state index contributed by atoms with van der Waals surface area (Å²) in [5.74, 6) is -3.19. The lowest BCUT2D eigenvalue weighted by atomic mass is 10.0. The van der Waals surface area contributed by atoms with Crippen LogP contribution in [0.2, 0.25) is 0 Å². The fraction of sp³-hybridized carbons (Fsp3) is 0.636. The highest BCUT2D eigenvalue weighted by molar-refractivity contribution is 6.25. The fourth-order valence-corrected chi connectivity index (χ4v) is 1.20. The maximum absolute atomic E-state index is 11.6. The maximum atomic E-state index is 11.6. The Morgan fingerprint density at radius 1 is 1.37 bits per heavy atom. The van der Waals surface area contributed by atoms with Crippen molar-refractivity contribution in [2.75, 3.05) is 0 Å². The molecule has 0 spiro atoms. The summed E-state index contributed by atoms with van der Waals surface area (Å²) < 4.78 is 0. The smallest absolute Gasteiger partial charge is 0.326 e. The van der Waals surface area contributed by atoms with Crippen molar-refractivity contribution in [1.29, 1.82) is 0 Å². The number of ketones is 1. The van der Waals surface area contributed by atoms with Crippen LogP contribution in [-0.2, 0) is 14.4 Å². The van der Waals surface area contributed by atoms with Gasteiger partial charge in [-0.25, -0.2) is 4.79 Å². The molecule has 8 nitrogen and oxygen atoms in total. The predicted octanol–water partition coefficient (Wildman–Crippen LogP) is -0.777. The number of hydrogen-bond acceptors (Lipinski definition) is 4. The number of hydrogen-bond donors (Lipinski definition) is 3. The molecule has 19 heavy (non-hydrogen) atoms. The number of aliphatic carboxylic acids is 1. The van der Waals surface area contributed by atoms with E-state index in [2.05, 4.69) is 10.1 Å². The Hall–Kier alpha value is -2.05. The third kappa shape index (κ3) is 6.44. The van der Waals surface area contributed by atoms with Gasteiger partial charge in [-0.1, -0.05) is 6.92 Å². The lowest BCUT2D eigenvalue weighted by Gasteiger charge is -2.18. The molecule has 0 rings (SSSR count). The van der Waals surface area contributed by atoms with Gasteiger partial charge in [0.1, 0.15) is 6.04 Å². The van der Waals surface area contributed by atoms with E-state index in [4.69, 9.17) is 10.6 Å². The minimum atomic E-state index is -1.28. The number of nitrogens with one attached hydrogen (secondary N) is 1. The number of carboxylic acid groups (broad SMARTS) is 1. The van der Waals surface area contributed by atoms with Gasteiger partial charge in [0.2, 0.25) is 11.7 Å². The molecule has 1 unspecified atom stereocenters. The highest BCUT2D eigenvalue weighted by Gasteiger charge is 2.25. The first-order chi connectivity index (χ1) is 8.79. The molecule has 106 valence electrons. The van der Waals surface area contributed by atoms with E-state index in [1.165, 1.54) is 13.8 Å². The van der Waals surface area contributed by atoms with Crippen LogP contribution in [0, 0.1) is 5.92 Å². The number of carbonyl (C=O) groups is 3. The summed E-state index contributed by atoms with van der Waals surface area (Å²) in [5, 5.41) is 20.4. The SMILES string of the molecule is C[C@@H](O)[C@@H](C)C(=O)NC(CCC(=O)C=[N+]=[N-])C(=O)O. The lowest BCUT2D eigenvalue weighted by Crippen LogP contribution is -2.45. The molecule has 1 amide bonds. The first kappa shape index (κ1) is 16.9. The maximum Gasteiger partial charge on any atom is 0.326 e. The second-order valence-electron chi connectivity index (χ2n) is 4.18. The second-order valence-corrected chi connectivity index (χ2v) is 4.18. The molecule has 0 aliphatic rings. The van der Waals surface area contributed by atoms with E-state index < -0.39 is 35.7 Å². The average Bonchev–Trinajstić information content (AvgIpc) is 2.32. The van der Waals surface area contributed by atoms with E-state index in [-0.39, 0.29) is 12.8 Å². The quantitative estimate of drug-likeness (QED) is 0.302. The summed E-state index contributed by atoms with van der Waals surface area (Å²) in [6, 6.07) is -1.23. The number of nitrogens with zero attached hydrogens (tertiary/aromatic N) is 2. The topological polar surface area (TPSA) is 140 Å². The second kappa shape index (κ2) is 8.12. The van der Waals surface area contributed by atoms with Gasteiger partial charge in [-0.3, -0.25) is 9.59 Å². The Morgan fingerprint density at radius 2 is 1.95 bits per heavy atom. The molecule has 3 atom stereocenters. The van der Waals surface area contributed by atoms with E-state index in [1.807, 2.05) is 0 Å². The molecule has 3 N–H and O–H groups in total. The van der Waals surface area contributed by atoms with Gasteiger partial charge in [0.25, 0.3) is 0 Å². The minimum absolute atomic E-state index is 0.127. The highest BCUT2D eigenvalue weighted by Crippen LogP contribution is 2.05. The molecule has 0 aliphatic heterocycles. The van der Waals surface area contributed by atoms with E-state index >= 15 is 0 Å². The summed E-state index contributed by atoms with van der Waals surface area (Å²) in [4.78, 5) is 36.1. The first-order valence-electron chi connectivity index (χ1n) is 5.71. The Morgan fingerprint density at radius 3 is 2.37 bits per heavy atom. The summed E-state index contributed by atoms with van der Waals surface area (Å²) in [7, 11) is 0. The fourth-order valence-electron chi connectivity index (χ4n) is 1.20. The molecule has 0 saturated carbocycles. The molecule has 8 heteroatoms. The predicted molar refractivity (Wildman–Crippen MR) is 64.3 cm³/mol. The zero-order valence-corrected chi connectivity index (χ0v) is 10.7. The zero-order valence-electron chi connectivity index (χ0n) is 10.7. The number of rotatable bonds is 8. The van der Waals surface area contributed by atoms with Crippen LogP contribution in [0.4, 0.5) is 0 Å². The van der Waals surface area contributed by atoms with Gasteiger partial charge in [-0.15, -0.1) is 0 Å². The molecule has 0 radical (unpaired) electrons. The zero-order chi connectivity index (χ0) is 15.0. The van der Waals surface area contributed by atoms with Crippen molar-refractivity contribution in [1.82, 2.24) is 5.32 Å². The van der Waals surface area contributed by atoms with Crippen LogP contribution in [0.15, 0.2) is 0 Å². The minimum Gasteiger partial charge on any atom is -0.480 e. The van der Waals surface area contributed by atoms with Crippen molar-refractivity contribution in [3.63, 3.8) is 0 Å². The van der Waals surface area contributed by atoms with Crippen LogP contribution in [0.1, 0.15) is 26.7 Å². The van der Waals surface area contributed by atoms with Gasteiger partial charge in [-0.2, -0.15) is 4.79 Å². The van der Waals surface area contributed by atoms with Crippen LogP contribution in [0.25, 0.3) is 5.53 Å². The van der Waals surface area contributed by atoms with Gasteiger partial charge < -0.3 is 21.1 Å². The summed E-state index contributed by atoms with van der Waals surface area (Å²) >= 11 is 0. The Bertz CT molecular complexity index is 401. The monoisotopic (exact) mass is 271 g/mol. The normalized spacial score (nSPS) is 14.7. The van der Waals surface area contributed by atoms with Gasteiger partial charge in [0.05, 0.1) is 12.0 Å². The van der Waals surface area contributed by atoms with Crippen LogP contribution < -0.4 is 5.32 Å². The molecule has 0 aromatic carbocycles. The number of carboxylic acids is 1. The Kier molecular flexibility index (Phi) is 7.25. The average molecular weight is 271 g/mol. The van der Waals surface area contributed by atoms with E-state index in [1.54, 1.807) is 0 Å². The number of Topliss-reactive ketones (excluding diaryl/α,β-unsaturated/α-hetero) is 1. The third-order valence-electron chi connectivity index (χ3n) is 2.63. The van der Waals surface area contributed by atoms with Crippen molar-refractivity contribution in [2.45, 2.75) is 38.8 Å². The third-order valence-corrected chi connectivity index (χ3v) is 2.63. The first-order valence-corrected chi connectivity index (χ1v) is 5.71. The highest BCUT2D eigenvalue weighted by atomic mass is 16.4. The van der Waals surface area contributed by atoms with Crippen molar-refractivity contribution in [2.24, 2.45) is 5.92 Å². The summed E-state index contributed by atoms with van der Waals surface area (Å²) in [5.41, 5.74) is 8.13. The summed E-state index contributed by atoms with van der Waals surface area (Å²) in [6.07, 6.45) is -0.542. The van der Waals surface area contributed by atoms with Crippen molar-refractivity contribution in [3.8, 4) is 0 Å². The molecule has 0 aliphatic carbocycles. The number of carbonyl (C=O) groups excluding carboxylic acids is 2. The largest absolute Gasteiger partial charge is 0.480 e. The molecule has 0 fully saturated rings. The summed E-state index contributed by atoms with van der Waals surface area (Å²) in [6.45, 7) is 2.88. The van der Waals surface area contributed by atoms with Crippen molar-refractivity contribution in [3.05, 3.63) is 5.53 Å². The molecular formula is C11H17N3O5. The van der Waals surface area contributed by atoms with Gasteiger partial charge in [0.15, 0.2) is 0 Å². The Labute approximate surface area is 110 Å².